The van der Waals surface area contributed by atoms with Crippen molar-refractivity contribution in [3.63, 3.8) is 0 Å². The van der Waals surface area contributed by atoms with E-state index >= 15 is 0 Å². The third-order valence-electron chi connectivity index (χ3n) is 4.10. The van der Waals surface area contributed by atoms with Crippen LogP contribution in [0.15, 0.2) is 40.5 Å². The Hall–Kier alpha value is -3.20. The monoisotopic (exact) mass is 398 g/mol. The first-order chi connectivity index (χ1) is 13.6. The summed E-state index contributed by atoms with van der Waals surface area (Å²) in [4.78, 5) is 28.7. The second kappa shape index (κ2) is 7.81. The fraction of sp³-hybridized carbons (Fsp3) is 0.263. The minimum atomic E-state index is -0.409. The molecule has 1 aliphatic rings. The minimum absolute atomic E-state index is 0.170. The lowest BCUT2D eigenvalue weighted by Crippen LogP contribution is -2.26. The number of thiazole rings is 1. The second-order valence-electron chi connectivity index (χ2n) is 6.13. The Morgan fingerprint density at radius 2 is 2.04 bits per heavy atom. The molecule has 0 fully saturated rings. The maximum absolute atomic E-state index is 12.5. The summed E-state index contributed by atoms with van der Waals surface area (Å²) in [6.07, 6.45) is 0.753. The van der Waals surface area contributed by atoms with Crippen LogP contribution in [-0.2, 0) is 6.54 Å². The Kier molecular flexibility index (Phi) is 5.07. The largest absolute Gasteiger partial charge is 0.486 e. The Bertz CT molecular complexity index is 1080. The average molecular weight is 398 g/mol. The van der Waals surface area contributed by atoms with Crippen molar-refractivity contribution in [2.75, 3.05) is 18.5 Å². The van der Waals surface area contributed by atoms with E-state index < -0.39 is 5.91 Å². The number of aryl methyl sites for hydroxylation is 1. The van der Waals surface area contributed by atoms with Crippen molar-refractivity contribution in [1.82, 2.24) is 14.8 Å². The number of anilines is 1. The summed E-state index contributed by atoms with van der Waals surface area (Å²) in [5.74, 6) is 0.990. The van der Waals surface area contributed by atoms with E-state index in [1.807, 2.05) is 30.5 Å². The molecule has 4 rings (SSSR count). The summed E-state index contributed by atoms with van der Waals surface area (Å²) in [5, 5.41) is 9.15. The number of hydrogen-bond donors (Lipinski definition) is 1. The quantitative estimate of drug-likeness (QED) is 0.710. The third-order valence-corrected chi connectivity index (χ3v) is 4.85. The fourth-order valence-electron chi connectivity index (χ4n) is 2.77. The molecule has 0 radical (unpaired) electrons. The summed E-state index contributed by atoms with van der Waals surface area (Å²) in [6, 6.07) is 8.38. The number of nitrogens with one attached hydrogen (secondary N) is 1. The van der Waals surface area contributed by atoms with Crippen molar-refractivity contribution < 1.29 is 14.3 Å². The van der Waals surface area contributed by atoms with E-state index in [2.05, 4.69) is 15.4 Å². The molecule has 1 N–H and O–H groups in total. The molecule has 3 aromatic rings. The van der Waals surface area contributed by atoms with Crippen LogP contribution in [0.25, 0.3) is 11.3 Å². The molecular formula is C19H18N4O4S. The molecule has 0 unspecified atom stereocenters. The van der Waals surface area contributed by atoms with Crippen LogP contribution in [0.5, 0.6) is 11.5 Å². The predicted molar refractivity (Wildman–Crippen MR) is 105 cm³/mol. The van der Waals surface area contributed by atoms with Gasteiger partial charge in [-0.3, -0.25) is 14.9 Å². The van der Waals surface area contributed by atoms with Gasteiger partial charge in [-0.1, -0.05) is 6.92 Å². The summed E-state index contributed by atoms with van der Waals surface area (Å²) in [6.45, 7) is 3.46. The molecule has 9 heteroatoms. The van der Waals surface area contributed by atoms with Gasteiger partial charge in [-0.15, -0.1) is 11.3 Å². The highest BCUT2D eigenvalue weighted by Gasteiger charge is 2.15. The number of benzene rings is 1. The van der Waals surface area contributed by atoms with Crippen LogP contribution in [-0.4, -0.2) is 33.9 Å². The predicted octanol–water partition coefficient (Wildman–Crippen LogP) is 2.80. The Labute approximate surface area is 164 Å². The number of carbonyl (C=O) groups is 1. The SMILES string of the molecule is CCCn1nc(C(=O)Nc2nc(-c3ccc4c(c3)OCCO4)cs2)ccc1=O. The standard InChI is InChI=1S/C19H18N4O4S/c1-2-7-23-17(24)6-4-13(22-23)18(25)21-19-20-14(11-28-19)12-3-5-15-16(10-12)27-9-8-26-15/h3-6,10-11H,2,7-9H2,1H3,(H,20,21,25). The van der Waals surface area contributed by atoms with Crippen molar-refractivity contribution in [1.29, 1.82) is 0 Å². The molecule has 0 spiro atoms. The number of carbonyl (C=O) groups excluding carboxylic acids is 1. The minimum Gasteiger partial charge on any atom is -0.486 e. The van der Waals surface area contributed by atoms with Gasteiger partial charge in [-0.2, -0.15) is 5.10 Å². The van der Waals surface area contributed by atoms with Crippen LogP contribution in [0.4, 0.5) is 5.13 Å². The summed E-state index contributed by atoms with van der Waals surface area (Å²) in [5.41, 5.74) is 1.54. The van der Waals surface area contributed by atoms with Gasteiger partial charge in [-0.05, 0) is 30.7 Å². The lowest BCUT2D eigenvalue weighted by Gasteiger charge is -2.18. The Morgan fingerprint density at radius 3 is 2.86 bits per heavy atom. The number of fused-ring (bicyclic) bond motifs is 1. The van der Waals surface area contributed by atoms with E-state index in [-0.39, 0.29) is 11.3 Å². The smallest absolute Gasteiger partial charge is 0.277 e. The molecule has 1 aliphatic heterocycles. The van der Waals surface area contributed by atoms with Crippen LogP contribution in [0.1, 0.15) is 23.8 Å². The number of nitrogens with zero attached hydrogens (tertiary/aromatic N) is 3. The highest BCUT2D eigenvalue weighted by Crippen LogP contribution is 2.35. The zero-order valence-corrected chi connectivity index (χ0v) is 16.0. The molecule has 8 nitrogen and oxygen atoms in total. The molecule has 3 heterocycles. The zero-order chi connectivity index (χ0) is 19.5. The first kappa shape index (κ1) is 18.2. The molecule has 0 saturated carbocycles. The summed E-state index contributed by atoms with van der Waals surface area (Å²) >= 11 is 1.31. The van der Waals surface area contributed by atoms with Gasteiger partial charge in [0.2, 0.25) is 0 Å². The molecule has 0 atom stereocenters. The summed E-state index contributed by atoms with van der Waals surface area (Å²) < 4.78 is 12.4. The van der Waals surface area contributed by atoms with Gasteiger partial charge in [0.05, 0.1) is 5.69 Å². The zero-order valence-electron chi connectivity index (χ0n) is 15.2. The molecule has 0 saturated heterocycles. The van der Waals surface area contributed by atoms with Gasteiger partial charge in [0, 0.05) is 23.6 Å². The lowest BCUT2D eigenvalue weighted by atomic mass is 10.1. The number of amides is 1. The van der Waals surface area contributed by atoms with E-state index in [4.69, 9.17) is 9.47 Å². The van der Waals surface area contributed by atoms with Crippen LogP contribution >= 0.6 is 11.3 Å². The fourth-order valence-corrected chi connectivity index (χ4v) is 3.48. The Balaban J connectivity index is 1.51. The van der Waals surface area contributed by atoms with Crippen molar-refractivity contribution >= 4 is 22.4 Å². The van der Waals surface area contributed by atoms with Crippen molar-refractivity contribution in [3.05, 3.63) is 51.8 Å². The van der Waals surface area contributed by atoms with Gasteiger partial charge in [0.25, 0.3) is 11.5 Å². The van der Waals surface area contributed by atoms with Crippen LogP contribution in [0, 0.1) is 0 Å². The second-order valence-corrected chi connectivity index (χ2v) is 6.99. The number of ether oxygens (including phenoxy) is 2. The van der Waals surface area contributed by atoms with Gasteiger partial charge in [-0.25, -0.2) is 9.67 Å². The molecule has 0 bridgehead atoms. The molecule has 28 heavy (non-hydrogen) atoms. The van der Waals surface area contributed by atoms with Crippen LogP contribution in [0.3, 0.4) is 0 Å². The average Bonchev–Trinajstić information content (AvgIpc) is 3.18. The first-order valence-electron chi connectivity index (χ1n) is 8.89. The van der Waals surface area contributed by atoms with Gasteiger partial charge in [0.15, 0.2) is 16.6 Å². The maximum Gasteiger partial charge on any atom is 0.277 e. The van der Waals surface area contributed by atoms with Gasteiger partial charge >= 0.3 is 0 Å². The topological polar surface area (TPSA) is 95.3 Å². The van der Waals surface area contributed by atoms with Crippen LogP contribution < -0.4 is 20.3 Å². The number of aromatic nitrogens is 3. The molecule has 2 aromatic heterocycles. The van der Waals surface area contributed by atoms with Crippen molar-refractivity contribution in [2.24, 2.45) is 0 Å². The molecule has 0 aliphatic carbocycles. The highest BCUT2D eigenvalue weighted by molar-refractivity contribution is 7.14. The van der Waals surface area contributed by atoms with E-state index in [9.17, 15) is 9.59 Å². The molecule has 1 amide bonds. The molecule has 1 aromatic carbocycles. The van der Waals surface area contributed by atoms with Gasteiger partial charge in [0.1, 0.15) is 18.9 Å². The third kappa shape index (κ3) is 3.74. The Morgan fingerprint density at radius 1 is 1.21 bits per heavy atom. The first-order valence-corrected chi connectivity index (χ1v) is 9.77. The van der Waals surface area contributed by atoms with E-state index in [1.165, 1.54) is 28.2 Å². The lowest BCUT2D eigenvalue weighted by molar-refractivity contribution is 0.101. The van der Waals surface area contributed by atoms with E-state index in [0.717, 1.165) is 17.7 Å². The van der Waals surface area contributed by atoms with Crippen LogP contribution in [0.2, 0.25) is 0 Å². The summed E-state index contributed by atoms with van der Waals surface area (Å²) in [7, 11) is 0. The molecule has 144 valence electrons. The molecular weight excluding hydrogens is 380 g/mol. The normalized spacial score (nSPS) is 12.6. The maximum atomic E-state index is 12.5. The number of rotatable bonds is 5. The van der Waals surface area contributed by atoms with Gasteiger partial charge < -0.3 is 9.47 Å². The van der Waals surface area contributed by atoms with E-state index in [1.54, 1.807) is 0 Å². The van der Waals surface area contributed by atoms with E-state index in [0.29, 0.717) is 36.4 Å². The van der Waals surface area contributed by atoms with Crippen molar-refractivity contribution in [3.8, 4) is 22.8 Å². The number of hydrogen-bond acceptors (Lipinski definition) is 7. The van der Waals surface area contributed by atoms with Crippen molar-refractivity contribution in [2.45, 2.75) is 19.9 Å². The highest BCUT2D eigenvalue weighted by atomic mass is 32.1.